The highest BCUT2D eigenvalue weighted by atomic mass is 16.5. The minimum atomic E-state index is 0.174. The third kappa shape index (κ3) is 15.0. The Morgan fingerprint density at radius 3 is 1.69 bits per heavy atom. The summed E-state index contributed by atoms with van der Waals surface area (Å²) in [7, 11) is 10.5. The van der Waals surface area contributed by atoms with Gasteiger partial charge in [-0.25, -0.2) is 0 Å². The number of benzene rings is 2. The molecule has 1 unspecified atom stereocenters. The normalized spacial score (nSPS) is 11.5. The molecule has 1 atom stereocenters. The van der Waals surface area contributed by atoms with Crippen LogP contribution in [0.2, 0.25) is 0 Å². The van der Waals surface area contributed by atoms with Gasteiger partial charge in [0.1, 0.15) is 6.61 Å². The minimum absolute atomic E-state index is 0.174. The maximum Gasteiger partial charge on any atom is 0.293 e. The number of nitrogens with zero attached hydrogens (tertiary/aromatic N) is 1. The lowest BCUT2D eigenvalue weighted by Crippen LogP contribution is -2.07. The van der Waals surface area contributed by atoms with Gasteiger partial charge >= 0.3 is 0 Å². The van der Waals surface area contributed by atoms with Crippen LogP contribution in [0.15, 0.2) is 48.5 Å². The molecular weight excluding hydrogens is 454 g/mol. The Morgan fingerprint density at radius 1 is 0.917 bits per heavy atom. The first-order valence-electron chi connectivity index (χ1n) is 12.7. The first kappa shape index (κ1) is 35.9. The number of methoxy groups -OCH3 is 2. The third-order valence-electron chi connectivity index (χ3n) is 5.25. The van der Waals surface area contributed by atoms with E-state index in [0.29, 0.717) is 19.2 Å². The van der Waals surface area contributed by atoms with Crippen LogP contribution in [-0.2, 0) is 19.0 Å². The number of ether oxygens (including phenoxy) is 3. The lowest BCUT2D eigenvalue weighted by Gasteiger charge is -2.11. The fraction of sp³-hybridized carbons (Fsp3) is 0.567. The molecule has 2 aromatic carbocycles. The van der Waals surface area contributed by atoms with Crippen molar-refractivity contribution in [2.75, 3.05) is 55.7 Å². The molecule has 6 nitrogen and oxygen atoms in total. The van der Waals surface area contributed by atoms with Gasteiger partial charge in [-0.1, -0.05) is 75.2 Å². The number of fused-ring (bicyclic) bond motifs is 3. The van der Waals surface area contributed by atoms with Crippen LogP contribution in [0.4, 0.5) is 0 Å². The van der Waals surface area contributed by atoms with Crippen molar-refractivity contribution in [2.45, 2.75) is 58.5 Å². The molecule has 0 radical (unpaired) electrons. The molecule has 36 heavy (non-hydrogen) atoms. The van der Waals surface area contributed by atoms with Crippen LogP contribution in [0.1, 0.15) is 63.5 Å². The zero-order valence-corrected chi connectivity index (χ0v) is 24.1. The quantitative estimate of drug-likeness (QED) is 0.421. The van der Waals surface area contributed by atoms with E-state index in [2.05, 4.69) is 42.8 Å². The van der Waals surface area contributed by atoms with Gasteiger partial charge in [0, 0.05) is 33.9 Å². The zero-order chi connectivity index (χ0) is 27.8. The van der Waals surface area contributed by atoms with Crippen LogP contribution in [0.5, 0.6) is 0 Å². The molecule has 2 aromatic rings. The third-order valence-corrected chi connectivity index (χ3v) is 5.25. The van der Waals surface area contributed by atoms with Crippen molar-refractivity contribution in [1.82, 2.24) is 4.90 Å². The summed E-state index contributed by atoms with van der Waals surface area (Å²) in [6.45, 7) is 8.09. The molecule has 3 rings (SSSR count). The van der Waals surface area contributed by atoms with Crippen LogP contribution < -0.4 is 0 Å². The van der Waals surface area contributed by atoms with Gasteiger partial charge in [0.2, 0.25) is 0 Å². The fourth-order valence-corrected chi connectivity index (χ4v) is 3.50. The SMILES string of the molecule is CCCCC(CC)OC.CCOC.CN(C)C.CO.O=COCC1c2ccccc2-c2ccccc21. The monoisotopic (exact) mass is 505 g/mol. The van der Waals surface area contributed by atoms with E-state index in [1.165, 1.54) is 41.5 Å². The molecule has 0 saturated heterocycles. The summed E-state index contributed by atoms with van der Waals surface area (Å²) < 4.78 is 14.7. The Morgan fingerprint density at radius 2 is 1.36 bits per heavy atom. The Labute approximate surface area is 220 Å². The van der Waals surface area contributed by atoms with Gasteiger partial charge < -0.3 is 24.2 Å². The van der Waals surface area contributed by atoms with E-state index < -0.39 is 0 Å². The summed E-state index contributed by atoms with van der Waals surface area (Å²) in [5, 5.41) is 7.00. The lowest BCUT2D eigenvalue weighted by atomic mass is 9.98. The number of hydrogen-bond donors (Lipinski definition) is 1. The Bertz CT molecular complexity index is 712. The fourth-order valence-electron chi connectivity index (χ4n) is 3.50. The number of unbranched alkanes of at least 4 members (excludes halogenated alkanes) is 1. The smallest absolute Gasteiger partial charge is 0.293 e. The number of aliphatic hydroxyl groups is 1. The van der Waals surface area contributed by atoms with Crippen molar-refractivity contribution in [3.8, 4) is 11.1 Å². The molecule has 206 valence electrons. The van der Waals surface area contributed by atoms with Gasteiger partial charge in [0.15, 0.2) is 0 Å². The van der Waals surface area contributed by atoms with Crippen molar-refractivity contribution in [3.05, 3.63) is 59.7 Å². The van der Waals surface area contributed by atoms with Crippen LogP contribution in [0.3, 0.4) is 0 Å². The molecule has 0 saturated carbocycles. The molecule has 0 heterocycles. The van der Waals surface area contributed by atoms with E-state index in [1.54, 1.807) is 14.2 Å². The summed E-state index contributed by atoms with van der Waals surface area (Å²) >= 11 is 0. The predicted octanol–water partition coefficient (Wildman–Crippen LogP) is 6.01. The highest BCUT2D eigenvalue weighted by Gasteiger charge is 2.28. The van der Waals surface area contributed by atoms with Gasteiger partial charge in [0.25, 0.3) is 6.47 Å². The summed E-state index contributed by atoms with van der Waals surface area (Å²) in [6, 6.07) is 16.6. The number of rotatable bonds is 9. The molecule has 0 aliphatic heterocycles. The number of carbonyl (C=O) groups is 1. The molecule has 6 heteroatoms. The average Bonchev–Trinajstić information content (AvgIpc) is 3.23. The van der Waals surface area contributed by atoms with Gasteiger partial charge in [0.05, 0.1) is 6.10 Å². The van der Waals surface area contributed by atoms with Crippen molar-refractivity contribution in [1.29, 1.82) is 0 Å². The number of hydrogen-bond acceptors (Lipinski definition) is 6. The average molecular weight is 506 g/mol. The number of carbonyl (C=O) groups excluding carboxylic acids is 1. The van der Waals surface area contributed by atoms with Crippen LogP contribution in [0, 0.1) is 0 Å². The maximum atomic E-state index is 10.4. The van der Waals surface area contributed by atoms with Crippen LogP contribution in [0.25, 0.3) is 11.1 Å². The molecule has 0 bridgehead atoms. The molecule has 0 aromatic heterocycles. The molecule has 1 aliphatic carbocycles. The Hall–Kier alpha value is -2.25. The van der Waals surface area contributed by atoms with Gasteiger partial charge in [-0.2, -0.15) is 0 Å². The van der Waals surface area contributed by atoms with E-state index in [9.17, 15) is 4.79 Å². The van der Waals surface area contributed by atoms with Crippen LogP contribution >= 0.6 is 0 Å². The van der Waals surface area contributed by atoms with Crippen molar-refractivity contribution in [2.24, 2.45) is 0 Å². The van der Waals surface area contributed by atoms with Crippen molar-refractivity contribution in [3.63, 3.8) is 0 Å². The highest BCUT2D eigenvalue weighted by molar-refractivity contribution is 5.78. The van der Waals surface area contributed by atoms with Crippen LogP contribution in [-0.4, -0.2) is 78.3 Å². The lowest BCUT2D eigenvalue weighted by molar-refractivity contribution is -0.128. The second kappa shape index (κ2) is 24.4. The molecule has 0 amide bonds. The van der Waals surface area contributed by atoms with E-state index in [-0.39, 0.29) is 5.92 Å². The summed E-state index contributed by atoms with van der Waals surface area (Å²) in [6.07, 6.45) is 5.46. The molecule has 1 N–H and O–H groups in total. The highest BCUT2D eigenvalue weighted by Crippen LogP contribution is 2.44. The molecule has 0 spiro atoms. The van der Waals surface area contributed by atoms with E-state index >= 15 is 0 Å². The molecular formula is C30H51NO5. The predicted molar refractivity (Wildman–Crippen MR) is 152 cm³/mol. The zero-order valence-electron chi connectivity index (χ0n) is 24.1. The maximum absolute atomic E-state index is 10.4. The van der Waals surface area contributed by atoms with E-state index in [0.717, 1.165) is 20.1 Å². The second-order valence-electron chi connectivity index (χ2n) is 8.48. The Balaban J connectivity index is 0. The summed E-state index contributed by atoms with van der Waals surface area (Å²) in [5.41, 5.74) is 5.00. The number of aliphatic hydroxyl groups excluding tert-OH is 1. The van der Waals surface area contributed by atoms with Crippen molar-refractivity contribution < 1.29 is 24.1 Å². The Kier molecular flexibility index (Phi) is 24.4. The summed E-state index contributed by atoms with van der Waals surface area (Å²) in [4.78, 5) is 12.4. The van der Waals surface area contributed by atoms with Crippen molar-refractivity contribution >= 4 is 6.47 Å². The topological polar surface area (TPSA) is 68.2 Å². The molecule has 1 aliphatic rings. The largest absolute Gasteiger partial charge is 0.467 e. The van der Waals surface area contributed by atoms with Gasteiger partial charge in [-0.05, 0) is 63.2 Å². The molecule has 0 fully saturated rings. The van der Waals surface area contributed by atoms with E-state index in [4.69, 9.17) is 14.6 Å². The van der Waals surface area contributed by atoms with Gasteiger partial charge in [-0.15, -0.1) is 0 Å². The first-order valence-corrected chi connectivity index (χ1v) is 12.7. The van der Waals surface area contributed by atoms with E-state index in [1.807, 2.05) is 57.2 Å². The summed E-state index contributed by atoms with van der Waals surface area (Å²) in [5.74, 6) is 0.174. The van der Waals surface area contributed by atoms with Gasteiger partial charge in [-0.3, -0.25) is 4.79 Å². The second-order valence-corrected chi connectivity index (χ2v) is 8.48. The standard InChI is InChI=1S/C15H12O2.C8H18O.C3H9N.C3H8O.CH4O/c16-10-17-9-15-13-7-3-1-5-11(13)12-6-2-4-8-14(12)15;1-4-6-7-8(5-2)9-3;1-4(2)3;1-3-4-2;1-2/h1-8,10,15H,9H2;8H,4-7H2,1-3H3;1-3H3;3H2,1-2H3;2H,1H3. The first-order chi connectivity index (χ1) is 17.4. The minimum Gasteiger partial charge on any atom is -0.467 e.